The van der Waals surface area contributed by atoms with Gasteiger partial charge in [-0.3, -0.25) is 0 Å². The van der Waals surface area contributed by atoms with Gasteiger partial charge in [-0.25, -0.2) is 14.4 Å². The number of nitrogens with zero attached hydrogens (tertiary/aromatic N) is 1. The third-order valence-electron chi connectivity index (χ3n) is 6.99. The van der Waals surface area contributed by atoms with Crippen molar-refractivity contribution >= 4 is 18.1 Å². The number of unbranched alkanes of at least 4 members (excludes halogenated alkanes) is 2. The van der Waals surface area contributed by atoms with Gasteiger partial charge < -0.3 is 34.9 Å². The fourth-order valence-corrected chi connectivity index (χ4v) is 5.44. The number of hydrogen-bond donors (Lipinski definition) is 3. The minimum Gasteiger partial charge on any atom is -0.460 e. The molecule has 2 unspecified atom stereocenters. The minimum absolute atomic E-state index is 0.0305. The maximum absolute atomic E-state index is 13.4. The van der Waals surface area contributed by atoms with Gasteiger partial charge in [0.05, 0.1) is 13.2 Å². The van der Waals surface area contributed by atoms with Crippen LogP contribution in [0, 0.1) is 10.8 Å². The number of ether oxygens (including phenoxy) is 3. The fraction of sp³-hybridized carbons (Fsp3) is 0.833. The Morgan fingerprint density at radius 1 is 0.975 bits per heavy atom. The number of aliphatic hydroxyl groups is 1. The van der Waals surface area contributed by atoms with Crippen molar-refractivity contribution in [2.24, 2.45) is 10.8 Å². The van der Waals surface area contributed by atoms with E-state index < -0.39 is 17.6 Å². The maximum Gasteiger partial charge on any atom is 0.407 e. The molecule has 1 aliphatic carbocycles. The zero-order chi connectivity index (χ0) is 30.4. The molecule has 0 aromatic rings. The second kappa shape index (κ2) is 16.8. The lowest BCUT2D eigenvalue weighted by atomic mass is 9.62. The first kappa shape index (κ1) is 35.7. The molecular formula is C30H55N3O7. The standard InChI is InChI=1S/C30H55N3O7/c1-23(2)25(35)39-18-13-33(28(3,4)5)26(36)32-24-19-29(6,7)21-30(8,20-24)22-31-27(37)40-17-12-11-16-38-15-10-9-14-34/h24,34H,1,9-22H2,2-8H3,(H,31,37)(H,32,36). The van der Waals surface area contributed by atoms with Crippen molar-refractivity contribution in [1.29, 1.82) is 0 Å². The Kier molecular flexibility index (Phi) is 15.0. The average Bonchev–Trinajstić information content (AvgIpc) is 2.82. The van der Waals surface area contributed by atoms with Crippen molar-refractivity contribution in [3.8, 4) is 0 Å². The molecule has 0 aromatic carbocycles. The molecule has 0 aliphatic heterocycles. The van der Waals surface area contributed by atoms with E-state index in [1.165, 1.54) is 0 Å². The SMILES string of the molecule is C=C(C)C(=O)OCCN(C(=O)NC1CC(C)(C)CC(C)(CNC(=O)OCCCCOCCCCO)C1)C(C)(C)C. The number of urea groups is 1. The molecular weight excluding hydrogens is 514 g/mol. The minimum atomic E-state index is -0.468. The Morgan fingerprint density at radius 2 is 1.60 bits per heavy atom. The van der Waals surface area contributed by atoms with Gasteiger partial charge in [0, 0.05) is 43.5 Å². The molecule has 10 nitrogen and oxygen atoms in total. The Balaban J connectivity index is 2.58. The number of rotatable bonds is 16. The van der Waals surface area contributed by atoms with Crippen molar-refractivity contribution in [2.45, 2.75) is 105 Å². The summed E-state index contributed by atoms with van der Waals surface area (Å²) in [7, 11) is 0. The van der Waals surface area contributed by atoms with Crippen molar-refractivity contribution < 1.29 is 33.7 Å². The molecule has 0 saturated heterocycles. The highest BCUT2D eigenvalue weighted by molar-refractivity contribution is 5.86. The van der Waals surface area contributed by atoms with Gasteiger partial charge in [-0.2, -0.15) is 0 Å². The molecule has 1 saturated carbocycles. The second-order valence-electron chi connectivity index (χ2n) is 13.2. The number of aliphatic hydroxyl groups excluding tert-OH is 1. The van der Waals surface area contributed by atoms with E-state index in [1.807, 2.05) is 20.8 Å². The lowest BCUT2D eigenvalue weighted by Crippen LogP contribution is -2.57. The van der Waals surface area contributed by atoms with Crippen LogP contribution in [0.4, 0.5) is 9.59 Å². The summed E-state index contributed by atoms with van der Waals surface area (Å²) in [6.07, 6.45) is 5.14. The normalized spacial score (nSPS) is 20.4. The first-order valence-electron chi connectivity index (χ1n) is 14.6. The predicted molar refractivity (Wildman–Crippen MR) is 156 cm³/mol. The molecule has 2 atom stereocenters. The first-order valence-corrected chi connectivity index (χ1v) is 14.6. The van der Waals surface area contributed by atoms with E-state index >= 15 is 0 Å². The van der Waals surface area contributed by atoms with Crippen LogP contribution in [0.1, 0.15) is 93.4 Å². The number of carbonyl (C=O) groups is 3. The van der Waals surface area contributed by atoms with Crippen LogP contribution >= 0.6 is 0 Å². The van der Waals surface area contributed by atoms with Crippen LogP contribution < -0.4 is 10.6 Å². The molecule has 0 spiro atoms. The van der Waals surface area contributed by atoms with Gasteiger partial charge in [0.15, 0.2) is 0 Å². The van der Waals surface area contributed by atoms with Crippen LogP contribution in [0.25, 0.3) is 0 Å². The molecule has 1 aliphatic rings. The van der Waals surface area contributed by atoms with Crippen molar-refractivity contribution in [3.63, 3.8) is 0 Å². The Morgan fingerprint density at radius 3 is 2.20 bits per heavy atom. The van der Waals surface area contributed by atoms with E-state index in [2.05, 4.69) is 38.0 Å². The average molecular weight is 570 g/mol. The van der Waals surface area contributed by atoms with Crippen molar-refractivity contribution in [2.75, 3.05) is 46.1 Å². The summed E-state index contributed by atoms with van der Waals surface area (Å²) in [5.74, 6) is -0.468. The summed E-state index contributed by atoms with van der Waals surface area (Å²) in [4.78, 5) is 39.2. The molecule has 10 heteroatoms. The summed E-state index contributed by atoms with van der Waals surface area (Å²) < 4.78 is 16.1. The van der Waals surface area contributed by atoms with E-state index in [1.54, 1.807) is 11.8 Å². The molecule has 3 amide bonds. The highest BCUT2D eigenvalue weighted by Gasteiger charge is 2.42. The lowest BCUT2D eigenvalue weighted by Gasteiger charge is -2.47. The molecule has 232 valence electrons. The summed E-state index contributed by atoms with van der Waals surface area (Å²) in [6.45, 7) is 20.1. The predicted octanol–water partition coefficient (Wildman–Crippen LogP) is 4.80. The zero-order valence-corrected chi connectivity index (χ0v) is 26.0. The van der Waals surface area contributed by atoms with Gasteiger partial charge in [0.1, 0.15) is 6.61 Å². The number of esters is 1. The third kappa shape index (κ3) is 14.3. The summed E-state index contributed by atoms with van der Waals surface area (Å²) in [5.41, 5.74) is -0.393. The number of amides is 3. The van der Waals surface area contributed by atoms with Crippen LogP contribution in [-0.4, -0.2) is 85.8 Å². The van der Waals surface area contributed by atoms with Crippen LogP contribution in [-0.2, 0) is 19.0 Å². The fourth-order valence-electron chi connectivity index (χ4n) is 5.44. The molecule has 0 radical (unpaired) electrons. The Bertz CT molecular complexity index is 825. The van der Waals surface area contributed by atoms with Crippen molar-refractivity contribution in [1.82, 2.24) is 15.5 Å². The van der Waals surface area contributed by atoms with Crippen LogP contribution in [0.3, 0.4) is 0 Å². The van der Waals surface area contributed by atoms with Crippen LogP contribution in [0.5, 0.6) is 0 Å². The van der Waals surface area contributed by atoms with Gasteiger partial charge in [0.25, 0.3) is 0 Å². The molecule has 0 bridgehead atoms. The summed E-state index contributed by atoms with van der Waals surface area (Å²) >= 11 is 0. The monoisotopic (exact) mass is 569 g/mol. The van der Waals surface area contributed by atoms with Gasteiger partial charge in [-0.15, -0.1) is 0 Å². The topological polar surface area (TPSA) is 126 Å². The first-order chi connectivity index (χ1) is 18.6. The number of hydrogen-bond acceptors (Lipinski definition) is 7. The van der Waals surface area contributed by atoms with Crippen LogP contribution in [0.15, 0.2) is 12.2 Å². The van der Waals surface area contributed by atoms with E-state index in [4.69, 9.17) is 19.3 Å². The summed E-state index contributed by atoms with van der Waals surface area (Å²) in [6, 6.07) is -0.270. The van der Waals surface area contributed by atoms with Gasteiger partial charge in [0.2, 0.25) is 0 Å². The molecule has 40 heavy (non-hydrogen) atoms. The number of alkyl carbamates (subject to hydrolysis) is 1. The smallest absolute Gasteiger partial charge is 0.407 e. The quantitative estimate of drug-likeness (QED) is 0.138. The highest BCUT2D eigenvalue weighted by atomic mass is 16.5. The van der Waals surface area contributed by atoms with Crippen LogP contribution in [0.2, 0.25) is 0 Å². The molecule has 1 fully saturated rings. The lowest BCUT2D eigenvalue weighted by molar-refractivity contribution is -0.139. The maximum atomic E-state index is 13.4. The summed E-state index contributed by atoms with van der Waals surface area (Å²) in [5, 5.41) is 14.9. The number of carbonyl (C=O) groups excluding carboxylic acids is 3. The van der Waals surface area contributed by atoms with Gasteiger partial charge in [-0.1, -0.05) is 27.4 Å². The molecule has 1 rings (SSSR count). The molecule has 0 heterocycles. The molecule has 0 aromatic heterocycles. The molecule has 3 N–H and O–H groups in total. The van der Waals surface area contributed by atoms with Gasteiger partial charge in [-0.05, 0) is 83.5 Å². The highest BCUT2D eigenvalue weighted by Crippen LogP contribution is 2.45. The Hall–Kier alpha value is -2.33. The van der Waals surface area contributed by atoms with E-state index in [-0.39, 0.29) is 42.7 Å². The van der Waals surface area contributed by atoms with E-state index in [9.17, 15) is 14.4 Å². The largest absolute Gasteiger partial charge is 0.460 e. The third-order valence-corrected chi connectivity index (χ3v) is 6.99. The van der Waals surface area contributed by atoms with Gasteiger partial charge >= 0.3 is 18.1 Å². The second-order valence-corrected chi connectivity index (χ2v) is 13.2. The zero-order valence-electron chi connectivity index (χ0n) is 26.0. The Labute approximate surface area is 241 Å². The van der Waals surface area contributed by atoms with E-state index in [0.29, 0.717) is 31.9 Å². The van der Waals surface area contributed by atoms with Crippen molar-refractivity contribution in [3.05, 3.63) is 12.2 Å². The number of nitrogens with one attached hydrogen (secondary N) is 2. The van der Waals surface area contributed by atoms with E-state index in [0.717, 1.165) is 44.9 Å².